The van der Waals surface area contributed by atoms with Gasteiger partial charge in [-0.1, -0.05) is 6.07 Å². The van der Waals surface area contributed by atoms with E-state index in [1.54, 1.807) is 31.4 Å². The highest BCUT2D eigenvalue weighted by Gasteiger charge is 2.09. The number of ether oxygens (including phenoxy) is 1. The highest BCUT2D eigenvalue weighted by molar-refractivity contribution is 14.1. The molecule has 0 fully saturated rings. The SMILES string of the molecule is COc1cccc(C(=O)NC(=S)Nc2ccc(I)cc2C)c1. The number of nitrogens with one attached hydrogen (secondary N) is 2. The molecular formula is C16H15IN2O2S. The molecule has 2 N–H and O–H groups in total. The molecule has 0 aliphatic heterocycles. The van der Waals surface area contributed by atoms with Gasteiger partial charge in [-0.25, -0.2) is 0 Å². The summed E-state index contributed by atoms with van der Waals surface area (Å²) in [6.07, 6.45) is 0. The molecule has 0 bridgehead atoms. The van der Waals surface area contributed by atoms with E-state index in [0.717, 1.165) is 14.8 Å². The lowest BCUT2D eigenvalue weighted by Gasteiger charge is -2.12. The fourth-order valence-corrected chi connectivity index (χ4v) is 2.71. The number of hydrogen-bond acceptors (Lipinski definition) is 3. The Morgan fingerprint density at radius 1 is 1.23 bits per heavy atom. The first-order chi connectivity index (χ1) is 10.5. The molecule has 0 saturated heterocycles. The van der Waals surface area contributed by atoms with Gasteiger partial charge in [0.2, 0.25) is 0 Å². The van der Waals surface area contributed by atoms with E-state index in [-0.39, 0.29) is 11.0 Å². The normalized spacial score (nSPS) is 9.95. The summed E-state index contributed by atoms with van der Waals surface area (Å²) < 4.78 is 6.25. The molecule has 4 nitrogen and oxygen atoms in total. The summed E-state index contributed by atoms with van der Waals surface area (Å²) in [5.41, 5.74) is 2.42. The van der Waals surface area contributed by atoms with Crippen molar-refractivity contribution in [3.63, 3.8) is 0 Å². The number of halogens is 1. The van der Waals surface area contributed by atoms with Gasteiger partial charge in [-0.05, 0) is 83.7 Å². The number of methoxy groups -OCH3 is 1. The summed E-state index contributed by atoms with van der Waals surface area (Å²) in [7, 11) is 1.56. The minimum absolute atomic E-state index is 0.261. The van der Waals surface area contributed by atoms with Gasteiger partial charge in [-0.2, -0.15) is 0 Å². The number of amides is 1. The molecule has 0 spiro atoms. The predicted molar refractivity (Wildman–Crippen MR) is 101 cm³/mol. The molecule has 0 aliphatic carbocycles. The van der Waals surface area contributed by atoms with Crippen LogP contribution in [-0.4, -0.2) is 18.1 Å². The highest BCUT2D eigenvalue weighted by Crippen LogP contribution is 2.17. The topological polar surface area (TPSA) is 50.4 Å². The molecular weight excluding hydrogens is 411 g/mol. The summed E-state index contributed by atoms with van der Waals surface area (Å²) in [5, 5.41) is 5.95. The molecule has 0 aromatic heterocycles. The Bertz CT molecular complexity index is 719. The van der Waals surface area contributed by atoms with Gasteiger partial charge in [0.15, 0.2) is 5.11 Å². The van der Waals surface area contributed by atoms with Gasteiger partial charge in [-0.15, -0.1) is 0 Å². The first-order valence-corrected chi connectivity index (χ1v) is 8.01. The highest BCUT2D eigenvalue weighted by atomic mass is 127. The summed E-state index contributed by atoms with van der Waals surface area (Å²) in [6, 6.07) is 12.8. The average molecular weight is 426 g/mol. The summed E-state index contributed by atoms with van der Waals surface area (Å²) >= 11 is 7.44. The van der Waals surface area contributed by atoms with Gasteiger partial charge in [0.1, 0.15) is 5.75 Å². The number of aryl methyl sites for hydroxylation is 1. The van der Waals surface area contributed by atoms with Gasteiger partial charge >= 0.3 is 0 Å². The van der Waals surface area contributed by atoms with E-state index >= 15 is 0 Å². The van der Waals surface area contributed by atoms with Gasteiger partial charge in [0, 0.05) is 14.8 Å². The zero-order chi connectivity index (χ0) is 16.1. The van der Waals surface area contributed by atoms with Crippen molar-refractivity contribution < 1.29 is 9.53 Å². The van der Waals surface area contributed by atoms with Crippen molar-refractivity contribution in [2.75, 3.05) is 12.4 Å². The van der Waals surface area contributed by atoms with E-state index in [9.17, 15) is 4.79 Å². The predicted octanol–water partition coefficient (Wildman–Crippen LogP) is 3.74. The van der Waals surface area contributed by atoms with Crippen LogP contribution in [0.1, 0.15) is 15.9 Å². The van der Waals surface area contributed by atoms with Crippen molar-refractivity contribution in [1.82, 2.24) is 5.32 Å². The third kappa shape index (κ3) is 4.41. The Morgan fingerprint density at radius 2 is 2.00 bits per heavy atom. The Balaban J connectivity index is 2.03. The van der Waals surface area contributed by atoms with E-state index in [0.29, 0.717) is 11.3 Å². The molecule has 2 aromatic carbocycles. The molecule has 114 valence electrons. The number of hydrogen-bond donors (Lipinski definition) is 2. The zero-order valence-electron chi connectivity index (χ0n) is 12.1. The molecule has 0 heterocycles. The van der Waals surface area contributed by atoms with E-state index < -0.39 is 0 Å². The van der Waals surface area contributed by atoms with Crippen LogP contribution in [0.15, 0.2) is 42.5 Å². The number of carbonyl (C=O) groups excluding carboxylic acids is 1. The van der Waals surface area contributed by atoms with Crippen molar-refractivity contribution in [2.45, 2.75) is 6.92 Å². The van der Waals surface area contributed by atoms with Crippen molar-refractivity contribution in [3.05, 3.63) is 57.2 Å². The molecule has 0 radical (unpaired) electrons. The lowest BCUT2D eigenvalue weighted by molar-refractivity contribution is 0.0977. The number of carbonyl (C=O) groups is 1. The van der Waals surface area contributed by atoms with Crippen LogP contribution >= 0.6 is 34.8 Å². The van der Waals surface area contributed by atoms with Crippen LogP contribution in [0.4, 0.5) is 5.69 Å². The van der Waals surface area contributed by atoms with Crippen LogP contribution in [0.3, 0.4) is 0 Å². The lowest BCUT2D eigenvalue weighted by atomic mass is 10.2. The molecule has 0 atom stereocenters. The fraction of sp³-hybridized carbons (Fsp3) is 0.125. The standard InChI is InChI=1S/C16H15IN2O2S/c1-10-8-12(17)6-7-14(10)18-16(22)19-15(20)11-4-3-5-13(9-11)21-2/h3-9H,1-2H3,(H2,18,19,20,22). The zero-order valence-corrected chi connectivity index (χ0v) is 15.1. The Morgan fingerprint density at radius 3 is 2.68 bits per heavy atom. The smallest absolute Gasteiger partial charge is 0.257 e. The third-order valence-corrected chi connectivity index (χ3v) is 3.87. The maximum absolute atomic E-state index is 12.2. The number of benzene rings is 2. The molecule has 1 amide bonds. The van der Waals surface area contributed by atoms with Gasteiger partial charge in [0.25, 0.3) is 5.91 Å². The van der Waals surface area contributed by atoms with Crippen molar-refractivity contribution in [1.29, 1.82) is 0 Å². The lowest BCUT2D eigenvalue weighted by Crippen LogP contribution is -2.34. The maximum atomic E-state index is 12.2. The molecule has 0 aliphatic rings. The minimum atomic E-state index is -0.278. The summed E-state index contributed by atoms with van der Waals surface area (Å²) in [6.45, 7) is 1.98. The van der Waals surface area contributed by atoms with Gasteiger partial charge in [-0.3, -0.25) is 10.1 Å². The minimum Gasteiger partial charge on any atom is -0.497 e. The van der Waals surface area contributed by atoms with E-state index in [2.05, 4.69) is 33.2 Å². The fourth-order valence-electron chi connectivity index (χ4n) is 1.86. The largest absolute Gasteiger partial charge is 0.497 e. The van der Waals surface area contributed by atoms with Crippen LogP contribution in [-0.2, 0) is 0 Å². The maximum Gasteiger partial charge on any atom is 0.257 e. The van der Waals surface area contributed by atoms with Crippen LogP contribution in [0, 0.1) is 10.5 Å². The first-order valence-electron chi connectivity index (χ1n) is 6.52. The second-order valence-corrected chi connectivity index (χ2v) is 6.25. The van der Waals surface area contributed by atoms with Crippen LogP contribution < -0.4 is 15.4 Å². The van der Waals surface area contributed by atoms with Crippen molar-refractivity contribution >= 4 is 51.5 Å². The molecule has 2 rings (SSSR count). The monoisotopic (exact) mass is 426 g/mol. The quantitative estimate of drug-likeness (QED) is 0.580. The molecule has 22 heavy (non-hydrogen) atoms. The summed E-state index contributed by atoms with van der Waals surface area (Å²) in [5.74, 6) is 0.347. The van der Waals surface area contributed by atoms with E-state index in [1.165, 1.54) is 0 Å². The van der Waals surface area contributed by atoms with E-state index in [4.69, 9.17) is 17.0 Å². The molecule has 0 saturated carbocycles. The molecule has 0 unspecified atom stereocenters. The van der Waals surface area contributed by atoms with E-state index in [1.807, 2.05) is 25.1 Å². The van der Waals surface area contributed by atoms with Gasteiger partial charge in [0.05, 0.1) is 7.11 Å². The Labute approximate surface area is 148 Å². The second kappa shape index (κ2) is 7.55. The number of rotatable bonds is 3. The average Bonchev–Trinajstić information content (AvgIpc) is 2.50. The number of anilines is 1. The van der Waals surface area contributed by atoms with Crippen LogP contribution in [0.5, 0.6) is 5.75 Å². The number of thiocarbonyl (C=S) groups is 1. The Kier molecular flexibility index (Phi) is 5.73. The third-order valence-electron chi connectivity index (χ3n) is 3.00. The summed E-state index contributed by atoms with van der Waals surface area (Å²) in [4.78, 5) is 12.2. The second-order valence-electron chi connectivity index (χ2n) is 4.60. The van der Waals surface area contributed by atoms with Crippen LogP contribution in [0.25, 0.3) is 0 Å². The van der Waals surface area contributed by atoms with Gasteiger partial charge < -0.3 is 10.1 Å². The first kappa shape index (κ1) is 16.7. The van der Waals surface area contributed by atoms with Crippen LogP contribution in [0.2, 0.25) is 0 Å². The molecule has 6 heteroatoms. The Hall–Kier alpha value is -1.67. The van der Waals surface area contributed by atoms with Crippen molar-refractivity contribution in [2.24, 2.45) is 0 Å². The van der Waals surface area contributed by atoms with Crippen molar-refractivity contribution in [3.8, 4) is 5.75 Å². The molecule has 2 aromatic rings.